The number of nitrogens with zero attached hydrogens (tertiary/aromatic N) is 1. The van der Waals surface area contributed by atoms with Crippen LogP contribution in [0.3, 0.4) is 0 Å². The van der Waals surface area contributed by atoms with Crippen LogP contribution >= 0.6 is 0 Å². The monoisotopic (exact) mass is 287 g/mol. The molecule has 2 fully saturated rings. The van der Waals surface area contributed by atoms with Crippen molar-refractivity contribution in [2.45, 2.75) is 25.3 Å². The van der Waals surface area contributed by atoms with Gasteiger partial charge in [0.05, 0.1) is 17.2 Å². The summed E-state index contributed by atoms with van der Waals surface area (Å²) in [6.07, 6.45) is 2.30. The fourth-order valence-electron chi connectivity index (χ4n) is 2.69. The molecule has 3 rings (SSSR count). The summed E-state index contributed by atoms with van der Waals surface area (Å²) in [5.74, 6) is -1.15. The lowest BCUT2D eigenvalue weighted by Gasteiger charge is -2.15. The lowest BCUT2D eigenvalue weighted by atomic mass is 10.1. The van der Waals surface area contributed by atoms with Gasteiger partial charge in [-0.1, -0.05) is 12.1 Å². The molecule has 6 nitrogen and oxygen atoms in total. The minimum atomic E-state index is -0.590. The van der Waals surface area contributed by atoms with Crippen LogP contribution in [0.1, 0.15) is 29.6 Å². The van der Waals surface area contributed by atoms with E-state index in [0.29, 0.717) is 18.3 Å². The van der Waals surface area contributed by atoms with Crippen LogP contribution in [0.5, 0.6) is 0 Å². The molecule has 1 heterocycles. The Morgan fingerprint density at radius 2 is 1.95 bits per heavy atom. The number of nitrogens with one attached hydrogen (secondary N) is 1. The number of carbonyl (C=O) groups excluding carboxylic acids is 3. The van der Waals surface area contributed by atoms with Crippen molar-refractivity contribution in [3.05, 3.63) is 29.8 Å². The van der Waals surface area contributed by atoms with Crippen molar-refractivity contribution in [2.24, 2.45) is 11.7 Å². The van der Waals surface area contributed by atoms with Crippen LogP contribution in [0, 0.1) is 5.92 Å². The first-order chi connectivity index (χ1) is 10.1. The zero-order valence-corrected chi connectivity index (χ0v) is 11.5. The highest BCUT2D eigenvalue weighted by atomic mass is 16.2. The summed E-state index contributed by atoms with van der Waals surface area (Å²) in [6, 6.07) is 6.93. The molecule has 6 heteroatoms. The average molecular weight is 287 g/mol. The first-order valence-electron chi connectivity index (χ1n) is 7.05. The third-order valence-corrected chi connectivity index (χ3v) is 3.97. The molecule has 3 N–H and O–H groups in total. The molecule has 1 aliphatic carbocycles. The number of primary amides is 1. The highest BCUT2D eigenvalue weighted by molar-refractivity contribution is 6.04. The maximum atomic E-state index is 12.3. The summed E-state index contributed by atoms with van der Waals surface area (Å²) in [5.41, 5.74) is 5.95. The van der Waals surface area contributed by atoms with E-state index < -0.39 is 5.91 Å². The van der Waals surface area contributed by atoms with Gasteiger partial charge in [-0.2, -0.15) is 0 Å². The van der Waals surface area contributed by atoms with Gasteiger partial charge in [0.25, 0.3) is 5.91 Å². The normalized spacial score (nSPS) is 21.4. The highest BCUT2D eigenvalue weighted by Gasteiger charge is 2.41. The molecule has 1 aliphatic heterocycles. The molecule has 0 bridgehead atoms. The molecule has 1 saturated carbocycles. The first kappa shape index (κ1) is 13.6. The van der Waals surface area contributed by atoms with E-state index in [-0.39, 0.29) is 29.7 Å². The van der Waals surface area contributed by atoms with E-state index in [2.05, 4.69) is 5.32 Å². The molecule has 0 spiro atoms. The quantitative estimate of drug-likeness (QED) is 0.855. The Morgan fingerprint density at radius 3 is 2.62 bits per heavy atom. The number of benzene rings is 1. The second-order valence-electron chi connectivity index (χ2n) is 5.58. The lowest BCUT2D eigenvalue weighted by Crippen LogP contribution is -2.30. The van der Waals surface area contributed by atoms with Crippen molar-refractivity contribution in [1.82, 2.24) is 4.90 Å². The van der Waals surface area contributed by atoms with E-state index in [1.165, 1.54) is 0 Å². The van der Waals surface area contributed by atoms with Crippen LogP contribution < -0.4 is 11.1 Å². The Hall–Kier alpha value is -2.37. The maximum absolute atomic E-state index is 12.3. The van der Waals surface area contributed by atoms with Crippen LogP contribution in [0.15, 0.2) is 24.3 Å². The van der Waals surface area contributed by atoms with Crippen molar-refractivity contribution < 1.29 is 14.4 Å². The third kappa shape index (κ3) is 2.74. The van der Waals surface area contributed by atoms with E-state index >= 15 is 0 Å². The Bertz CT molecular complexity index is 610. The molecular weight excluding hydrogens is 270 g/mol. The van der Waals surface area contributed by atoms with Crippen LogP contribution in [-0.2, 0) is 9.59 Å². The summed E-state index contributed by atoms with van der Waals surface area (Å²) in [4.78, 5) is 37.3. The van der Waals surface area contributed by atoms with Gasteiger partial charge in [0.1, 0.15) is 0 Å². The predicted octanol–water partition coefficient (Wildman–Crippen LogP) is 0.735. The number of anilines is 1. The summed E-state index contributed by atoms with van der Waals surface area (Å²) in [6.45, 7) is 0.466. The fourth-order valence-corrected chi connectivity index (χ4v) is 2.69. The molecule has 1 saturated heterocycles. The fraction of sp³-hybridized carbons (Fsp3) is 0.400. The first-order valence-corrected chi connectivity index (χ1v) is 7.05. The van der Waals surface area contributed by atoms with Crippen LogP contribution in [0.25, 0.3) is 0 Å². The van der Waals surface area contributed by atoms with Crippen molar-refractivity contribution >= 4 is 23.4 Å². The van der Waals surface area contributed by atoms with Gasteiger partial charge < -0.3 is 16.0 Å². The Balaban J connectivity index is 1.70. The largest absolute Gasteiger partial charge is 0.366 e. The number of carbonyl (C=O) groups is 3. The molecule has 1 aromatic rings. The molecule has 1 atom stereocenters. The van der Waals surface area contributed by atoms with Crippen molar-refractivity contribution in [3.8, 4) is 0 Å². The molecule has 0 radical (unpaired) electrons. The molecule has 0 aromatic heterocycles. The lowest BCUT2D eigenvalue weighted by molar-refractivity contribution is -0.128. The van der Waals surface area contributed by atoms with E-state index in [9.17, 15) is 14.4 Å². The summed E-state index contributed by atoms with van der Waals surface area (Å²) < 4.78 is 0. The number of amides is 3. The SMILES string of the molecule is NC(=O)c1ccccc1NC(=O)[C@@H]1CC(=O)N(C2CC2)C1. The van der Waals surface area contributed by atoms with Crippen molar-refractivity contribution in [3.63, 3.8) is 0 Å². The summed E-state index contributed by atoms with van der Waals surface area (Å²) >= 11 is 0. The van der Waals surface area contributed by atoms with Crippen LogP contribution in [0.4, 0.5) is 5.69 Å². The smallest absolute Gasteiger partial charge is 0.250 e. The highest BCUT2D eigenvalue weighted by Crippen LogP contribution is 2.33. The minimum Gasteiger partial charge on any atom is -0.366 e. The Kier molecular flexibility index (Phi) is 3.37. The predicted molar refractivity (Wildman–Crippen MR) is 76.4 cm³/mol. The van der Waals surface area contributed by atoms with Gasteiger partial charge in [-0.15, -0.1) is 0 Å². The number of hydrogen-bond acceptors (Lipinski definition) is 3. The maximum Gasteiger partial charge on any atom is 0.250 e. The number of hydrogen-bond donors (Lipinski definition) is 2. The molecule has 3 amide bonds. The standard InChI is InChI=1S/C15H17N3O3/c16-14(20)11-3-1-2-4-12(11)17-15(21)9-7-13(19)18(8-9)10-5-6-10/h1-4,9-10H,5-8H2,(H2,16,20)(H,17,21)/t9-/m1/s1. The van der Waals surface area contributed by atoms with Gasteiger partial charge in [0.15, 0.2) is 0 Å². The number of rotatable bonds is 4. The topological polar surface area (TPSA) is 92.5 Å². The van der Waals surface area contributed by atoms with E-state index in [0.717, 1.165) is 12.8 Å². The van der Waals surface area contributed by atoms with E-state index in [1.807, 2.05) is 0 Å². The van der Waals surface area contributed by atoms with Gasteiger partial charge in [0.2, 0.25) is 11.8 Å². The van der Waals surface area contributed by atoms with Gasteiger partial charge in [-0.25, -0.2) is 0 Å². The van der Waals surface area contributed by atoms with Gasteiger partial charge in [0, 0.05) is 19.0 Å². The Morgan fingerprint density at radius 1 is 1.24 bits per heavy atom. The minimum absolute atomic E-state index is 0.0424. The van der Waals surface area contributed by atoms with Crippen molar-refractivity contribution in [1.29, 1.82) is 0 Å². The molecule has 1 aromatic carbocycles. The van der Waals surface area contributed by atoms with Gasteiger partial charge in [-0.05, 0) is 25.0 Å². The Labute approximate surface area is 122 Å². The molecule has 0 unspecified atom stereocenters. The van der Waals surface area contributed by atoms with Crippen molar-refractivity contribution in [2.75, 3.05) is 11.9 Å². The van der Waals surface area contributed by atoms with Gasteiger partial charge in [-0.3, -0.25) is 14.4 Å². The molecule has 110 valence electrons. The second-order valence-corrected chi connectivity index (χ2v) is 5.58. The average Bonchev–Trinajstić information content (AvgIpc) is 3.22. The third-order valence-electron chi connectivity index (χ3n) is 3.97. The summed E-state index contributed by atoms with van der Waals surface area (Å²) in [5, 5.41) is 2.72. The zero-order valence-electron chi connectivity index (χ0n) is 11.5. The zero-order chi connectivity index (χ0) is 15.0. The molecule has 21 heavy (non-hydrogen) atoms. The number of nitrogens with two attached hydrogens (primary N) is 1. The second kappa shape index (κ2) is 5.20. The van der Waals surface area contributed by atoms with Crippen LogP contribution in [-0.4, -0.2) is 35.2 Å². The molecular formula is C15H17N3O3. The van der Waals surface area contributed by atoms with Gasteiger partial charge >= 0.3 is 0 Å². The number of para-hydroxylation sites is 1. The van der Waals surface area contributed by atoms with E-state index in [1.54, 1.807) is 29.2 Å². The number of likely N-dealkylation sites (tertiary alicyclic amines) is 1. The van der Waals surface area contributed by atoms with Crippen LogP contribution in [0.2, 0.25) is 0 Å². The molecule has 2 aliphatic rings. The summed E-state index contributed by atoms with van der Waals surface area (Å²) in [7, 11) is 0. The van der Waals surface area contributed by atoms with E-state index in [4.69, 9.17) is 5.73 Å².